The van der Waals surface area contributed by atoms with E-state index in [1.807, 2.05) is 9.47 Å². The van der Waals surface area contributed by atoms with Gasteiger partial charge in [-0.1, -0.05) is 0 Å². The van der Waals surface area contributed by atoms with Gasteiger partial charge in [-0.3, -0.25) is 9.59 Å². The van der Waals surface area contributed by atoms with Crippen LogP contribution in [0.1, 0.15) is 46.3 Å². The summed E-state index contributed by atoms with van der Waals surface area (Å²) >= 11 is 0. The Hall–Kier alpha value is -2.64. The fourth-order valence-electron chi connectivity index (χ4n) is 4.22. The summed E-state index contributed by atoms with van der Waals surface area (Å²) in [4.78, 5) is 26.9. The Morgan fingerprint density at radius 2 is 2.00 bits per heavy atom. The van der Waals surface area contributed by atoms with E-state index < -0.39 is 0 Å². The quantitative estimate of drug-likeness (QED) is 0.890. The number of rotatable bonds is 3. The van der Waals surface area contributed by atoms with Gasteiger partial charge in [0.15, 0.2) is 5.76 Å². The molecule has 0 bridgehead atoms. The van der Waals surface area contributed by atoms with E-state index in [1.54, 1.807) is 12.1 Å². The molecule has 2 atom stereocenters. The third kappa shape index (κ3) is 2.51. The molecule has 2 aromatic rings. The second kappa shape index (κ2) is 5.96. The van der Waals surface area contributed by atoms with Gasteiger partial charge in [-0.05, 0) is 43.2 Å². The number of amides is 2. The third-order valence-corrected chi connectivity index (χ3v) is 5.93. The monoisotopic (exact) mass is 355 g/mol. The minimum absolute atomic E-state index is 0.0666. The van der Waals surface area contributed by atoms with Gasteiger partial charge in [0, 0.05) is 32.1 Å². The first-order valence-corrected chi connectivity index (χ1v) is 9.25. The molecule has 136 valence electrons. The highest BCUT2D eigenvalue weighted by molar-refractivity contribution is 5.92. The van der Waals surface area contributed by atoms with E-state index in [4.69, 9.17) is 4.42 Å². The first kappa shape index (κ1) is 15.6. The smallest absolute Gasteiger partial charge is 0.289 e. The van der Waals surface area contributed by atoms with Gasteiger partial charge in [0.2, 0.25) is 5.82 Å². The van der Waals surface area contributed by atoms with Crippen LogP contribution in [-0.4, -0.2) is 50.6 Å². The molecule has 5 rings (SSSR count). The lowest BCUT2D eigenvalue weighted by molar-refractivity contribution is 0.0751. The van der Waals surface area contributed by atoms with E-state index in [9.17, 15) is 9.59 Å². The number of likely N-dealkylation sites (tertiary alicyclic amines) is 1. The van der Waals surface area contributed by atoms with Crippen molar-refractivity contribution in [2.24, 2.45) is 11.8 Å². The van der Waals surface area contributed by atoms with Crippen molar-refractivity contribution in [2.45, 2.75) is 38.3 Å². The first-order valence-electron chi connectivity index (χ1n) is 9.25. The van der Waals surface area contributed by atoms with Crippen LogP contribution in [0.5, 0.6) is 0 Å². The van der Waals surface area contributed by atoms with Gasteiger partial charge in [-0.25, -0.2) is 0 Å². The largest absolute Gasteiger partial charge is 0.459 e. The molecule has 3 aliphatic rings. The molecule has 8 heteroatoms. The minimum Gasteiger partial charge on any atom is -0.459 e. The summed E-state index contributed by atoms with van der Waals surface area (Å²) in [5.74, 6) is 2.10. The summed E-state index contributed by atoms with van der Waals surface area (Å²) in [5.41, 5.74) is 0. The van der Waals surface area contributed by atoms with Crippen LogP contribution in [0.2, 0.25) is 0 Å². The van der Waals surface area contributed by atoms with E-state index in [-0.39, 0.29) is 17.9 Å². The zero-order chi connectivity index (χ0) is 17.7. The Bertz CT molecular complexity index is 839. The maximum Gasteiger partial charge on any atom is 0.289 e. The molecule has 1 aliphatic carbocycles. The van der Waals surface area contributed by atoms with Crippen molar-refractivity contribution < 1.29 is 14.0 Å². The van der Waals surface area contributed by atoms with E-state index in [1.165, 1.54) is 12.7 Å². The van der Waals surface area contributed by atoms with Crippen LogP contribution < -0.4 is 5.32 Å². The van der Waals surface area contributed by atoms with Gasteiger partial charge in [-0.2, -0.15) is 0 Å². The molecule has 2 amide bonds. The van der Waals surface area contributed by atoms with E-state index >= 15 is 0 Å². The average molecular weight is 355 g/mol. The molecule has 2 aromatic heterocycles. The number of carbonyl (C=O) groups excluding carboxylic acids is 2. The Labute approximate surface area is 150 Å². The summed E-state index contributed by atoms with van der Waals surface area (Å²) in [5, 5.41) is 11.4. The zero-order valence-corrected chi connectivity index (χ0v) is 14.4. The van der Waals surface area contributed by atoms with Gasteiger partial charge in [0.1, 0.15) is 5.82 Å². The van der Waals surface area contributed by atoms with E-state index in [2.05, 4.69) is 15.5 Å². The van der Waals surface area contributed by atoms with Crippen LogP contribution in [-0.2, 0) is 13.0 Å². The van der Waals surface area contributed by atoms with Gasteiger partial charge >= 0.3 is 0 Å². The number of furan rings is 1. The van der Waals surface area contributed by atoms with Gasteiger partial charge in [-0.15, -0.1) is 10.2 Å². The molecule has 0 aromatic carbocycles. The maximum absolute atomic E-state index is 12.5. The van der Waals surface area contributed by atoms with Crippen molar-refractivity contribution in [1.82, 2.24) is 25.0 Å². The predicted molar refractivity (Wildman–Crippen MR) is 90.4 cm³/mol. The van der Waals surface area contributed by atoms with Gasteiger partial charge in [0.05, 0.1) is 6.26 Å². The number of fused-ring (bicyclic) bond motifs is 2. The number of nitrogens with zero attached hydrogens (tertiary/aromatic N) is 4. The second-order valence-corrected chi connectivity index (χ2v) is 7.56. The Morgan fingerprint density at radius 1 is 1.15 bits per heavy atom. The molecule has 0 unspecified atom stereocenters. The van der Waals surface area contributed by atoms with Crippen molar-refractivity contribution >= 4 is 11.8 Å². The van der Waals surface area contributed by atoms with Crippen molar-refractivity contribution in [3.63, 3.8) is 0 Å². The Kier molecular flexibility index (Phi) is 3.58. The van der Waals surface area contributed by atoms with Crippen molar-refractivity contribution in [2.75, 3.05) is 13.1 Å². The number of hydrogen-bond acceptors (Lipinski definition) is 5. The molecule has 0 radical (unpaired) electrons. The summed E-state index contributed by atoms with van der Waals surface area (Å²) in [6.07, 6.45) is 5.52. The van der Waals surface area contributed by atoms with Crippen LogP contribution in [0.25, 0.3) is 0 Å². The fourth-order valence-corrected chi connectivity index (χ4v) is 4.22. The highest BCUT2D eigenvalue weighted by atomic mass is 16.3. The maximum atomic E-state index is 12.5. The minimum atomic E-state index is -0.131. The van der Waals surface area contributed by atoms with Gasteiger partial charge in [0.25, 0.3) is 11.8 Å². The summed E-state index contributed by atoms with van der Waals surface area (Å²) in [6.45, 7) is 2.05. The molecular formula is C18H21N5O3. The molecule has 1 N–H and O–H groups in total. The first-order chi connectivity index (χ1) is 12.7. The molecule has 8 nitrogen and oxygen atoms in total. The molecule has 4 heterocycles. The standard InChI is InChI=1S/C18H21N5O3/c24-17(19-13-3-1-4-13)16-21-20-15-7-11-8-22(9-12(11)10-23(15)16)18(25)14-5-2-6-26-14/h2,5-6,11-13H,1,3-4,7-10H2,(H,19,24)/t11-,12-/m0/s1. The molecule has 26 heavy (non-hydrogen) atoms. The average Bonchev–Trinajstić information content (AvgIpc) is 3.33. The summed E-state index contributed by atoms with van der Waals surface area (Å²) < 4.78 is 7.18. The second-order valence-electron chi connectivity index (χ2n) is 7.56. The summed E-state index contributed by atoms with van der Waals surface area (Å²) in [6, 6.07) is 3.70. The third-order valence-electron chi connectivity index (χ3n) is 5.93. The van der Waals surface area contributed by atoms with Crippen LogP contribution in [0.3, 0.4) is 0 Å². The number of carbonyl (C=O) groups is 2. The van der Waals surface area contributed by atoms with Gasteiger partial charge < -0.3 is 19.2 Å². The van der Waals surface area contributed by atoms with Crippen molar-refractivity contribution in [1.29, 1.82) is 0 Å². The predicted octanol–water partition coefficient (Wildman–Crippen LogP) is 1.10. The molecule has 2 aliphatic heterocycles. The van der Waals surface area contributed by atoms with E-state index in [0.717, 1.165) is 25.1 Å². The topological polar surface area (TPSA) is 93.3 Å². The van der Waals surface area contributed by atoms with E-state index in [0.29, 0.717) is 43.1 Å². The lowest BCUT2D eigenvalue weighted by Gasteiger charge is -2.28. The lowest BCUT2D eigenvalue weighted by Crippen LogP contribution is -2.41. The highest BCUT2D eigenvalue weighted by Crippen LogP contribution is 2.33. The van der Waals surface area contributed by atoms with Crippen LogP contribution >= 0.6 is 0 Å². The fraction of sp³-hybridized carbons (Fsp3) is 0.556. The number of nitrogens with one attached hydrogen (secondary N) is 1. The Morgan fingerprint density at radius 3 is 2.73 bits per heavy atom. The van der Waals surface area contributed by atoms with Crippen molar-refractivity contribution in [3.05, 3.63) is 35.8 Å². The normalized spacial score (nSPS) is 24.7. The Balaban J connectivity index is 1.31. The zero-order valence-electron chi connectivity index (χ0n) is 14.4. The SMILES string of the molecule is O=C(NC1CCC1)c1nnc2n1C[C@@H]1CN(C(=O)c3ccco3)C[C@@H]1C2. The molecule has 0 spiro atoms. The molecular weight excluding hydrogens is 334 g/mol. The van der Waals surface area contributed by atoms with Crippen LogP contribution in [0, 0.1) is 11.8 Å². The van der Waals surface area contributed by atoms with Crippen LogP contribution in [0.4, 0.5) is 0 Å². The molecule has 1 saturated carbocycles. The lowest BCUT2D eigenvalue weighted by atomic mass is 9.89. The molecule has 1 saturated heterocycles. The number of hydrogen-bond donors (Lipinski definition) is 1. The summed E-state index contributed by atoms with van der Waals surface area (Å²) in [7, 11) is 0. The molecule has 2 fully saturated rings. The highest BCUT2D eigenvalue weighted by Gasteiger charge is 2.41. The number of aromatic nitrogens is 3. The van der Waals surface area contributed by atoms with Crippen LogP contribution in [0.15, 0.2) is 22.8 Å². The van der Waals surface area contributed by atoms with Crippen molar-refractivity contribution in [3.8, 4) is 0 Å².